The highest BCUT2D eigenvalue weighted by Gasteiger charge is 2.27. The number of sulfonamides is 1. The normalized spacial score (nSPS) is 20.5. The Labute approximate surface area is 105 Å². The Bertz CT molecular complexity index is 422. The molecule has 0 saturated carbocycles. The second kappa shape index (κ2) is 6.01. The molecule has 1 heterocycles. The van der Waals surface area contributed by atoms with E-state index in [-0.39, 0.29) is 18.8 Å². The maximum absolute atomic E-state index is 11.6. The molecule has 9 heteroatoms. The number of rotatable bonds is 4. The van der Waals surface area contributed by atoms with Crippen LogP contribution in [0.2, 0.25) is 0 Å². The van der Waals surface area contributed by atoms with Gasteiger partial charge in [0.1, 0.15) is 0 Å². The van der Waals surface area contributed by atoms with Crippen molar-refractivity contribution in [3.8, 4) is 0 Å². The molecule has 1 aliphatic heterocycles. The molecule has 1 aliphatic rings. The molecule has 0 unspecified atom stereocenters. The maximum Gasteiger partial charge on any atom is 0.317 e. The quantitative estimate of drug-likeness (QED) is 0.594. The Kier molecular flexibility index (Phi) is 4.91. The topological polar surface area (TPSA) is 130 Å². The highest BCUT2D eigenvalue weighted by atomic mass is 32.2. The lowest BCUT2D eigenvalue weighted by atomic mass is 9.99. The second-order valence-corrected chi connectivity index (χ2v) is 5.96. The van der Waals surface area contributed by atoms with Crippen molar-refractivity contribution >= 4 is 22.0 Å². The highest BCUT2D eigenvalue weighted by molar-refractivity contribution is 7.89. The molecule has 0 bridgehead atoms. The van der Waals surface area contributed by atoms with Crippen molar-refractivity contribution < 1.29 is 23.1 Å². The van der Waals surface area contributed by atoms with Gasteiger partial charge in [0, 0.05) is 19.6 Å². The number of primary sulfonamides is 1. The largest absolute Gasteiger partial charge is 0.481 e. The molecule has 0 aromatic carbocycles. The molecule has 104 valence electrons. The molecule has 4 N–H and O–H groups in total. The molecule has 0 aromatic rings. The van der Waals surface area contributed by atoms with E-state index in [0.717, 1.165) is 0 Å². The van der Waals surface area contributed by atoms with Gasteiger partial charge in [-0.25, -0.2) is 18.4 Å². The summed E-state index contributed by atoms with van der Waals surface area (Å²) >= 11 is 0. The van der Waals surface area contributed by atoms with E-state index in [1.165, 1.54) is 4.90 Å². The van der Waals surface area contributed by atoms with Crippen LogP contribution in [0.3, 0.4) is 0 Å². The van der Waals surface area contributed by atoms with E-state index in [9.17, 15) is 18.0 Å². The third-order valence-electron chi connectivity index (χ3n) is 2.72. The number of urea groups is 1. The Hall–Kier alpha value is -1.35. The molecular weight excluding hydrogens is 262 g/mol. The predicted molar refractivity (Wildman–Crippen MR) is 63.3 cm³/mol. The van der Waals surface area contributed by atoms with Crippen molar-refractivity contribution in [1.29, 1.82) is 0 Å². The number of nitrogens with zero attached hydrogens (tertiary/aromatic N) is 1. The van der Waals surface area contributed by atoms with E-state index in [1.807, 2.05) is 0 Å². The average Bonchev–Trinajstić information content (AvgIpc) is 2.27. The Morgan fingerprint density at radius 3 is 2.67 bits per heavy atom. The van der Waals surface area contributed by atoms with Crippen molar-refractivity contribution in [3.05, 3.63) is 0 Å². The van der Waals surface area contributed by atoms with Gasteiger partial charge in [0.05, 0.1) is 11.7 Å². The number of aliphatic carboxylic acids is 1. The fourth-order valence-corrected chi connectivity index (χ4v) is 2.16. The number of carboxylic acids is 1. The minimum absolute atomic E-state index is 0.0775. The van der Waals surface area contributed by atoms with Crippen LogP contribution in [-0.4, -0.2) is 55.8 Å². The first-order chi connectivity index (χ1) is 8.29. The van der Waals surface area contributed by atoms with E-state index in [2.05, 4.69) is 5.32 Å². The van der Waals surface area contributed by atoms with Crippen molar-refractivity contribution in [2.45, 2.75) is 12.8 Å². The molecule has 1 saturated heterocycles. The highest BCUT2D eigenvalue weighted by Crippen LogP contribution is 2.16. The molecule has 1 atom stereocenters. The number of carbonyl (C=O) groups excluding carboxylic acids is 1. The number of amides is 2. The predicted octanol–water partition coefficient (Wildman–Crippen LogP) is -1.22. The lowest BCUT2D eigenvalue weighted by Crippen LogP contribution is -2.48. The zero-order chi connectivity index (χ0) is 13.8. The minimum Gasteiger partial charge on any atom is -0.481 e. The van der Waals surface area contributed by atoms with Crippen LogP contribution in [0.1, 0.15) is 12.8 Å². The van der Waals surface area contributed by atoms with Crippen LogP contribution in [0.4, 0.5) is 4.79 Å². The summed E-state index contributed by atoms with van der Waals surface area (Å²) in [7, 11) is -3.60. The van der Waals surface area contributed by atoms with Gasteiger partial charge in [0.2, 0.25) is 10.0 Å². The molecule has 0 radical (unpaired) electrons. The summed E-state index contributed by atoms with van der Waals surface area (Å²) in [6.07, 6.45) is 1.18. The van der Waals surface area contributed by atoms with Crippen LogP contribution < -0.4 is 10.5 Å². The fourth-order valence-electron chi connectivity index (χ4n) is 1.78. The number of likely N-dealkylation sites (tertiary alicyclic amines) is 1. The van der Waals surface area contributed by atoms with Crippen LogP contribution in [0.15, 0.2) is 0 Å². The van der Waals surface area contributed by atoms with Gasteiger partial charge in [-0.3, -0.25) is 4.79 Å². The summed E-state index contributed by atoms with van der Waals surface area (Å²) in [6, 6.07) is -0.454. The maximum atomic E-state index is 11.6. The second-order valence-electron chi connectivity index (χ2n) is 4.22. The molecule has 18 heavy (non-hydrogen) atoms. The number of carbonyl (C=O) groups is 2. The first-order valence-corrected chi connectivity index (χ1v) is 7.27. The number of hydrogen-bond acceptors (Lipinski definition) is 4. The molecule has 0 spiro atoms. The van der Waals surface area contributed by atoms with Crippen LogP contribution in [0.25, 0.3) is 0 Å². The van der Waals surface area contributed by atoms with Crippen LogP contribution in [-0.2, 0) is 14.8 Å². The summed E-state index contributed by atoms with van der Waals surface area (Å²) in [5.41, 5.74) is 0. The molecule has 1 rings (SSSR count). The third-order valence-corrected chi connectivity index (χ3v) is 3.49. The molecular formula is C9H17N3O5S. The molecule has 0 aromatic heterocycles. The van der Waals surface area contributed by atoms with E-state index in [0.29, 0.717) is 19.4 Å². The van der Waals surface area contributed by atoms with Crippen molar-refractivity contribution in [3.63, 3.8) is 0 Å². The first kappa shape index (κ1) is 14.7. The SMILES string of the molecule is NS(=O)(=O)CCNC(=O)N1CCC[C@@H](C(=O)O)C1. The van der Waals surface area contributed by atoms with Gasteiger partial charge in [-0.2, -0.15) is 0 Å². The smallest absolute Gasteiger partial charge is 0.317 e. The molecule has 1 fully saturated rings. The van der Waals surface area contributed by atoms with Gasteiger partial charge < -0.3 is 15.3 Å². The third kappa shape index (κ3) is 4.88. The van der Waals surface area contributed by atoms with Gasteiger partial charge >= 0.3 is 12.0 Å². The standard InChI is InChI=1S/C9H17N3O5S/c10-18(16,17)5-3-11-9(15)12-4-1-2-7(6-12)8(13)14/h7H,1-6H2,(H,11,15)(H,13,14)(H2,10,16,17)/t7-/m1/s1. The van der Waals surface area contributed by atoms with Gasteiger partial charge in [-0.15, -0.1) is 0 Å². The first-order valence-electron chi connectivity index (χ1n) is 5.55. The lowest BCUT2D eigenvalue weighted by molar-refractivity contribution is -0.143. The van der Waals surface area contributed by atoms with Gasteiger partial charge in [0.15, 0.2) is 0 Å². The summed E-state index contributed by atoms with van der Waals surface area (Å²) in [4.78, 5) is 23.8. The van der Waals surface area contributed by atoms with Crippen molar-refractivity contribution in [1.82, 2.24) is 10.2 Å². The number of nitrogens with one attached hydrogen (secondary N) is 1. The number of piperidine rings is 1. The molecule has 8 nitrogen and oxygen atoms in total. The Morgan fingerprint density at radius 2 is 2.11 bits per heavy atom. The zero-order valence-corrected chi connectivity index (χ0v) is 10.6. The minimum atomic E-state index is -3.60. The van der Waals surface area contributed by atoms with Crippen LogP contribution in [0, 0.1) is 5.92 Å². The number of hydrogen-bond donors (Lipinski definition) is 3. The average molecular weight is 279 g/mol. The van der Waals surface area contributed by atoms with Gasteiger partial charge in [-0.1, -0.05) is 0 Å². The summed E-state index contributed by atoms with van der Waals surface area (Å²) in [6.45, 7) is 0.549. The summed E-state index contributed by atoms with van der Waals surface area (Å²) < 4.78 is 21.3. The molecule has 0 aliphatic carbocycles. The van der Waals surface area contributed by atoms with Crippen LogP contribution in [0.5, 0.6) is 0 Å². The Morgan fingerprint density at radius 1 is 1.44 bits per heavy atom. The fraction of sp³-hybridized carbons (Fsp3) is 0.778. The van der Waals surface area contributed by atoms with E-state index >= 15 is 0 Å². The lowest BCUT2D eigenvalue weighted by Gasteiger charge is -2.30. The van der Waals surface area contributed by atoms with Crippen molar-refractivity contribution in [2.75, 3.05) is 25.4 Å². The van der Waals surface area contributed by atoms with Gasteiger partial charge in [0.25, 0.3) is 0 Å². The summed E-state index contributed by atoms with van der Waals surface area (Å²) in [5.74, 6) is -1.81. The van der Waals surface area contributed by atoms with E-state index in [4.69, 9.17) is 10.2 Å². The summed E-state index contributed by atoms with van der Waals surface area (Å²) in [5, 5.41) is 16.1. The van der Waals surface area contributed by atoms with Gasteiger partial charge in [-0.05, 0) is 12.8 Å². The number of carboxylic acid groups (broad SMARTS) is 1. The van der Waals surface area contributed by atoms with E-state index < -0.39 is 27.9 Å². The zero-order valence-electron chi connectivity index (χ0n) is 9.83. The van der Waals surface area contributed by atoms with Crippen molar-refractivity contribution in [2.24, 2.45) is 11.1 Å². The van der Waals surface area contributed by atoms with E-state index in [1.54, 1.807) is 0 Å². The monoisotopic (exact) mass is 279 g/mol. The number of nitrogens with two attached hydrogens (primary N) is 1. The Balaban J connectivity index is 2.39. The molecule has 2 amide bonds. The van der Waals surface area contributed by atoms with Crippen LogP contribution >= 0.6 is 0 Å².